The largest absolute Gasteiger partial charge is 0.463 e. The highest BCUT2D eigenvalue weighted by Gasteiger charge is 2.27. The number of rotatable bonds is 3. The third kappa shape index (κ3) is 3.43. The van der Waals surface area contributed by atoms with Crippen LogP contribution < -0.4 is 0 Å². The summed E-state index contributed by atoms with van der Waals surface area (Å²) in [6.07, 6.45) is -0.356. The van der Waals surface area contributed by atoms with Crippen LogP contribution in [0.4, 0.5) is 0 Å². The maximum atomic E-state index is 11.2. The van der Waals surface area contributed by atoms with Gasteiger partial charge < -0.3 is 14.6 Å². The van der Waals surface area contributed by atoms with Crippen LogP contribution in [0.2, 0.25) is 0 Å². The van der Waals surface area contributed by atoms with Crippen molar-refractivity contribution in [2.24, 2.45) is 0 Å². The molecule has 2 atom stereocenters. The Morgan fingerprint density at radius 3 is 2.79 bits per heavy atom. The van der Waals surface area contributed by atoms with Crippen molar-refractivity contribution in [3.63, 3.8) is 0 Å². The molecular weight excluding hydrogens is 188 g/mol. The molecule has 1 aliphatic heterocycles. The molecule has 0 aliphatic carbocycles. The van der Waals surface area contributed by atoms with Crippen LogP contribution in [0.15, 0.2) is 0 Å². The molecule has 0 amide bonds. The van der Waals surface area contributed by atoms with Gasteiger partial charge in [-0.05, 0) is 0 Å². The second-order valence-electron chi connectivity index (χ2n) is 3.31. The summed E-state index contributed by atoms with van der Waals surface area (Å²) < 4.78 is 10.0. The van der Waals surface area contributed by atoms with E-state index in [9.17, 15) is 9.59 Å². The lowest BCUT2D eigenvalue weighted by molar-refractivity contribution is -0.156. The molecular formula is C9H14O5. The van der Waals surface area contributed by atoms with Gasteiger partial charge in [-0.2, -0.15) is 0 Å². The molecule has 0 aromatic heterocycles. The van der Waals surface area contributed by atoms with Crippen molar-refractivity contribution < 1.29 is 24.2 Å². The van der Waals surface area contributed by atoms with Crippen molar-refractivity contribution in [1.82, 2.24) is 0 Å². The summed E-state index contributed by atoms with van der Waals surface area (Å²) in [6, 6.07) is 0. The molecule has 1 aliphatic rings. The number of aliphatic hydroxyl groups excluding tert-OH is 1. The Bertz CT molecular complexity index is 225. The van der Waals surface area contributed by atoms with Crippen LogP contribution in [-0.4, -0.2) is 42.3 Å². The fourth-order valence-electron chi connectivity index (χ4n) is 1.38. The summed E-state index contributed by atoms with van der Waals surface area (Å²) in [5, 5.41) is 8.82. The lowest BCUT2D eigenvalue weighted by atomic mass is 10.0. The van der Waals surface area contributed by atoms with Crippen molar-refractivity contribution in [3.05, 3.63) is 0 Å². The summed E-state index contributed by atoms with van der Waals surface area (Å²) in [6.45, 7) is 1.20. The zero-order valence-corrected chi connectivity index (χ0v) is 8.06. The SMILES string of the molecule is CC(=O)OC[C@@H]1CC(=O)C[C@H](CO)O1. The van der Waals surface area contributed by atoms with Gasteiger partial charge in [0.2, 0.25) is 0 Å². The predicted octanol–water partition coefficient (Wildman–Crippen LogP) is -0.342. The molecule has 0 aromatic rings. The molecule has 1 saturated heterocycles. The molecule has 1 heterocycles. The highest BCUT2D eigenvalue weighted by atomic mass is 16.6. The number of ketones is 1. The van der Waals surface area contributed by atoms with E-state index in [1.54, 1.807) is 0 Å². The third-order valence-electron chi connectivity index (χ3n) is 1.97. The Morgan fingerprint density at radius 2 is 2.21 bits per heavy atom. The van der Waals surface area contributed by atoms with Crippen LogP contribution in [-0.2, 0) is 19.1 Å². The number of carbonyl (C=O) groups excluding carboxylic acids is 2. The minimum absolute atomic E-state index is 0.0347. The van der Waals surface area contributed by atoms with E-state index in [-0.39, 0.29) is 31.8 Å². The maximum Gasteiger partial charge on any atom is 0.302 e. The first-order valence-electron chi connectivity index (χ1n) is 4.53. The number of carbonyl (C=O) groups is 2. The van der Waals surface area contributed by atoms with Gasteiger partial charge in [0, 0.05) is 19.8 Å². The lowest BCUT2D eigenvalue weighted by Crippen LogP contribution is -2.38. The Hall–Kier alpha value is -0.940. The van der Waals surface area contributed by atoms with Gasteiger partial charge in [0.05, 0.1) is 18.8 Å². The van der Waals surface area contributed by atoms with Crippen molar-refractivity contribution in [1.29, 1.82) is 0 Å². The summed E-state index contributed by atoms with van der Waals surface area (Å²) in [5.41, 5.74) is 0. The van der Waals surface area contributed by atoms with Crippen molar-refractivity contribution >= 4 is 11.8 Å². The second-order valence-corrected chi connectivity index (χ2v) is 3.31. The Kier molecular flexibility index (Phi) is 4.03. The fourth-order valence-corrected chi connectivity index (χ4v) is 1.38. The van der Waals surface area contributed by atoms with Gasteiger partial charge in [-0.25, -0.2) is 0 Å². The number of ether oxygens (including phenoxy) is 2. The molecule has 5 heteroatoms. The molecule has 0 spiro atoms. The van der Waals surface area contributed by atoms with Crippen LogP contribution in [0.25, 0.3) is 0 Å². The Labute approximate surface area is 82.0 Å². The molecule has 14 heavy (non-hydrogen) atoms. The van der Waals surface area contributed by atoms with E-state index >= 15 is 0 Å². The van der Waals surface area contributed by atoms with Crippen LogP contribution in [0.1, 0.15) is 19.8 Å². The molecule has 1 fully saturated rings. The zero-order valence-electron chi connectivity index (χ0n) is 8.06. The maximum absolute atomic E-state index is 11.2. The van der Waals surface area contributed by atoms with Crippen LogP contribution in [0.5, 0.6) is 0 Å². The van der Waals surface area contributed by atoms with Gasteiger partial charge in [-0.1, -0.05) is 0 Å². The third-order valence-corrected chi connectivity index (χ3v) is 1.97. The number of Topliss-reactive ketones (excluding diaryl/α,β-unsaturated/α-hetero) is 1. The second kappa shape index (κ2) is 5.07. The number of esters is 1. The van der Waals surface area contributed by atoms with Crippen molar-refractivity contribution in [3.8, 4) is 0 Å². The number of aliphatic hydroxyl groups is 1. The standard InChI is InChI=1S/C9H14O5/c1-6(11)13-5-9-3-7(12)2-8(4-10)14-9/h8-10H,2-5H2,1H3/t8-,9+/m1/s1. The van der Waals surface area contributed by atoms with E-state index in [1.807, 2.05) is 0 Å². The summed E-state index contributed by atoms with van der Waals surface area (Å²) in [7, 11) is 0. The van der Waals surface area contributed by atoms with Gasteiger partial charge in [0.15, 0.2) is 0 Å². The molecule has 0 unspecified atom stereocenters. The monoisotopic (exact) mass is 202 g/mol. The average Bonchev–Trinajstić information content (AvgIpc) is 2.14. The van der Waals surface area contributed by atoms with Gasteiger partial charge in [0.25, 0.3) is 0 Å². The van der Waals surface area contributed by atoms with E-state index < -0.39 is 18.2 Å². The van der Waals surface area contributed by atoms with E-state index in [0.717, 1.165) is 0 Å². The van der Waals surface area contributed by atoms with Gasteiger partial charge in [-0.3, -0.25) is 9.59 Å². The lowest BCUT2D eigenvalue weighted by Gasteiger charge is -2.27. The van der Waals surface area contributed by atoms with Crippen molar-refractivity contribution in [2.75, 3.05) is 13.2 Å². The van der Waals surface area contributed by atoms with E-state index in [4.69, 9.17) is 14.6 Å². The molecule has 0 saturated carbocycles. The summed E-state index contributed by atoms with van der Waals surface area (Å²) in [4.78, 5) is 21.7. The Morgan fingerprint density at radius 1 is 1.57 bits per heavy atom. The van der Waals surface area contributed by atoms with E-state index in [0.29, 0.717) is 0 Å². The minimum atomic E-state index is -0.447. The van der Waals surface area contributed by atoms with Crippen LogP contribution >= 0.6 is 0 Å². The summed E-state index contributed by atoms with van der Waals surface area (Å²) >= 11 is 0. The van der Waals surface area contributed by atoms with E-state index in [1.165, 1.54) is 6.92 Å². The molecule has 1 N–H and O–H groups in total. The average molecular weight is 202 g/mol. The number of hydrogen-bond acceptors (Lipinski definition) is 5. The topological polar surface area (TPSA) is 72.8 Å². The predicted molar refractivity (Wildman–Crippen MR) is 46.6 cm³/mol. The van der Waals surface area contributed by atoms with Gasteiger partial charge in [0.1, 0.15) is 12.4 Å². The highest BCUT2D eigenvalue weighted by Crippen LogP contribution is 2.16. The smallest absolute Gasteiger partial charge is 0.302 e. The molecule has 0 radical (unpaired) electrons. The number of hydrogen-bond donors (Lipinski definition) is 1. The van der Waals surface area contributed by atoms with Gasteiger partial charge >= 0.3 is 5.97 Å². The summed E-state index contributed by atoms with van der Waals surface area (Å²) in [5.74, 6) is -0.361. The van der Waals surface area contributed by atoms with Gasteiger partial charge in [-0.15, -0.1) is 0 Å². The molecule has 1 rings (SSSR count). The van der Waals surface area contributed by atoms with Crippen LogP contribution in [0.3, 0.4) is 0 Å². The first-order valence-corrected chi connectivity index (χ1v) is 4.53. The first kappa shape index (κ1) is 11.1. The Balaban J connectivity index is 2.37. The first-order chi connectivity index (χ1) is 6.61. The molecule has 80 valence electrons. The van der Waals surface area contributed by atoms with Crippen molar-refractivity contribution in [2.45, 2.75) is 32.0 Å². The minimum Gasteiger partial charge on any atom is -0.463 e. The quantitative estimate of drug-likeness (QED) is 0.634. The zero-order chi connectivity index (χ0) is 10.6. The molecule has 0 bridgehead atoms. The highest BCUT2D eigenvalue weighted by molar-refractivity contribution is 5.80. The normalized spacial score (nSPS) is 27.4. The van der Waals surface area contributed by atoms with E-state index in [2.05, 4.69) is 0 Å². The van der Waals surface area contributed by atoms with Crippen LogP contribution in [0, 0.1) is 0 Å². The molecule has 5 nitrogen and oxygen atoms in total. The molecule has 0 aromatic carbocycles. The fraction of sp³-hybridized carbons (Fsp3) is 0.778.